The van der Waals surface area contributed by atoms with E-state index in [-0.39, 0.29) is 0 Å². The number of fused-ring (bicyclic) bond motifs is 1. The Labute approximate surface area is 120 Å². The van der Waals surface area contributed by atoms with E-state index in [1.807, 2.05) is 11.8 Å². The Kier molecular flexibility index (Phi) is 4.01. The number of thioether (sulfide) groups is 1. The molecule has 0 bridgehead atoms. The summed E-state index contributed by atoms with van der Waals surface area (Å²) in [5.41, 5.74) is 2.79. The van der Waals surface area contributed by atoms with Crippen molar-refractivity contribution in [1.82, 2.24) is 4.98 Å². The standard InChI is InChI=1S/C16H24N2S/c1-19-16(10-3-2-4-11-16)12-17-15-9-8-13-6-5-7-14(13)18-15/h8-9H,2-7,10-12H2,1H3,(H,17,18). The van der Waals surface area contributed by atoms with Gasteiger partial charge in [0.1, 0.15) is 5.82 Å². The van der Waals surface area contributed by atoms with E-state index in [0.717, 1.165) is 12.4 Å². The van der Waals surface area contributed by atoms with E-state index in [9.17, 15) is 0 Å². The summed E-state index contributed by atoms with van der Waals surface area (Å²) < 4.78 is 0.443. The Morgan fingerprint density at radius 2 is 2.00 bits per heavy atom. The SMILES string of the molecule is CSC1(CNc2ccc3c(n2)CCC3)CCCCC1. The normalized spacial score (nSPS) is 21.1. The molecule has 0 aliphatic heterocycles. The molecular formula is C16H24N2S. The molecule has 0 saturated heterocycles. The Bertz CT molecular complexity index is 438. The van der Waals surface area contributed by atoms with Gasteiger partial charge in [-0.3, -0.25) is 0 Å². The van der Waals surface area contributed by atoms with Gasteiger partial charge in [-0.05, 0) is 50.0 Å². The fourth-order valence-corrected chi connectivity index (χ4v) is 4.33. The summed E-state index contributed by atoms with van der Waals surface area (Å²) in [7, 11) is 0. The van der Waals surface area contributed by atoms with Crippen molar-refractivity contribution in [3.63, 3.8) is 0 Å². The fraction of sp³-hybridized carbons (Fsp3) is 0.688. The molecule has 2 aliphatic rings. The summed E-state index contributed by atoms with van der Waals surface area (Å²) in [4.78, 5) is 4.78. The second kappa shape index (κ2) is 5.74. The molecule has 1 fully saturated rings. The van der Waals surface area contributed by atoms with Crippen molar-refractivity contribution < 1.29 is 0 Å². The van der Waals surface area contributed by atoms with Crippen LogP contribution in [0.4, 0.5) is 5.82 Å². The maximum atomic E-state index is 4.78. The lowest BCUT2D eigenvalue weighted by atomic mass is 9.88. The van der Waals surface area contributed by atoms with Gasteiger partial charge < -0.3 is 5.32 Å². The van der Waals surface area contributed by atoms with E-state index in [1.54, 1.807) is 0 Å². The molecule has 1 saturated carbocycles. The molecule has 1 N–H and O–H groups in total. The van der Waals surface area contributed by atoms with Crippen LogP contribution in [0.1, 0.15) is 49.8 Å². The molecule has 104 valence electrons. The summed E-state index contributed by atoms with van der Waals surface area (Å²) in [5, 5.41) is 3.60. The molecule has 0 atom stereocenters. The number of pyridine rings is 1. The van der Waals surface area contributed by atoms with Gasteiger partial charge in [-0.25, -0.2) is 4.98 Å². The largest absolute Gasteiger partial charge is 0.369 e. The van der Waals surface area contributed by atoms with E-state index in [2.05, 4.69) is 23.7 Å². The highest BCUT2D eigenvalue weighted by Crippen LogP contribution is 2.38. The Morgan fingerprint density at radius 1 is 1.16 bits per heavy atom. The lowest BCUT2D eigenvalue weighted by molar-refractivity contribution is 0.411. The Hall–Kier alpha value is -0.700. The Morgan fingerprint density at radius 3 is 2.79 bits per heavy atom. The number of hydrogen-bond donors (Lipinski definition) is 1. The van der Waals surface area contributed by atoms with E-state index < -0.39 is 0 Å². The predicted octanol–water partition coefficient (Wildman–Crippen LogP) is 4.05. The maximum absolute atomic E-state index is 4.78. The van der Waals surface area contributed by atoms with Gasteiger partial charge in [-0.15, -0.1) is 0 Å². The minimum atomic E-state index is 0.443. The average molecular weight is 276 g/mol. The van der Waals surface area contributed by atoms with Gasteiger partial charge in [-0.2, -0.15) is 11.8 Å². The third kappa shape index (κ3) is 2.91. The lowest BCUT2D eigenvalue weighted by Gasteiger charge is -2.36. The fourth-order valence-electron chi connectivity index (χ4n) is 3.42. The molecule has 0 amide bonds. The van der Waals surface area contributed by atoms with Crippen LogP contribution in [-0.2, 0) is 12.8 Å². The zero-order valence-electron chi connectivity index (χ0n) is 11.9. The molecule has 1 aromatic rings. The first-order chi connectivity index (χ1) is 9.31. The first-order valence-electron chi connectivity index (χ1n) is 7.59. The third-order valence-corrected chi connectivity index (χ3v) is 6.14. The summed E-state index contributed by atoms with van der Waals surface area (Å²) in [6.07, 6.45) is 12.8. The van der Waals surface area contributed by atoms with Crippen molar-refractivity contribution >= 4 is 17.6 Å². The van der Waals surface area contributed by atoms with Crippen molar-refractivity contribution in [3.8, 4) is 0 Å². The van der Waals surface area contributed by atoms with Gasteiger partial charge >= 0.3 is 0 Å². The van der Waals surface area contributed by atoms with Crippen LogP contribution in [0.15, 0.2) is 12.1 Å². The molecule has 1 heterocycles. The maximum Gasteiger partial charge on any atom is 0.126 e. The molecule has 2 nitrogen and oxygen atoms in total. The topological polar surface area (TPSA) is 24.9 Å². The summed E-state index contributed by atoms with van der Waals surface area (Å²) in [5.74, 6) is 1.08. The first-order valence-corrected chi connectivity index (χ1v) is 8.82. The average Bonchev–Trinajstić information content (AvgIpc) is 2.93. The van der Waals surface area contributed by atoms with Crippen LogP contribution in [0, 0.1) is 0 Å². The number of hydrogen-bond acceptors (Lipinski definition) is 3. The van der Waals surface area contributed by atoms with Crippen LogP contribution >= 0.6 is 11.8 Å². The second-order valence-corrected chi connectivity index (χ2v) is 7.23. The molecule has 0 spiro atoms. The highest BCUT2D eigenvalue weighted by molar-refractivity contribution is 8.00. The second-order valence-electron chi connectivity index (χ2n) is 5.96. The minimum Gasteiger partial charge on any atom is -0.369 e. The van der Waals surface area contributed by atoms with Crippen LogP contribution in [0.2, 0.25) is 0 Å². The molecule has 3 heteroatoms. The van der Waals surface area contributed by atoms with Gasteiger partial charge in [0.15, 0.2) is 0 Å². The number of nitrogens with one attached hydrogen (secondary N) is 1. The smallest absolute Gasteiger partial charge is 0.126 e. The predicted molar refractivity (Wildman–Crippen MR) is 84.1 cm³/mol. The zero-order valence-corrected chi connectivity index (χ0v) is 12.7. The molecule has 0 aromatic carbocycles. The Balaban J connectivity index is 1.65. The number of rotatable bonds is 4. The number of aromatic nitrogens is 1. The molecule has 1 aromatic heterocycles. The van der Waals surface area contributed by atoms with Crippen molar-refractivity contribution in [1.29, 1.82) is 0 Å². The van der Waals surface area contributed by atoms with Crippen molar-refractivity contribution in [2.45, 2.75) is 56.1 Å². The van der Waals surface area contributed by atoms with Gasteiger partial charge in [0.2, 0.25) is 0 Å². The van der Waals surface area contributed by atoms with Gasteiger partial charge in [0, 0.05) is 17.0 Å². The monoisotopic (exact) mass is 276 g/mol. The van der Waals surface area contributed by atoms with Crippen LogP contribution in [-0.4, -0.2) is 22.5 Å². The van der Waals surface area contributed by atoms with Crippen LogP contribution in [0.25, 0.3) is 0 Å². The first kappa shape index (κ1) is 13.3. The highest BCUT2D eigenvalue weighted by atomic mass is 32.2. The van der Waals surface area contributed by atoms with Gasteiger partial charge in [0.05, 0.1) is 0 Å². The highest BCUT2D eigenvalue weighted by Gasteiger charge is 2.30. The van der Waals surface area contributed by atoms with E-state index in [0.29, 0.717) is 4.75 Å². The summed E-state index contributed by atoms with van der Waals surface area (Å²) in [6, 6.07) is 4.44. The number of anilines is 1. The van der Waals surface area contributed by atoms with E-state index in [4.69, 9.17) is 4.98 Å². The van der Waals surface area contributed by atoms with Crippen LogP contribution < -0.4 is 5.32 Å². The van der Waals surface area contributed by atoms with Crippen molar-refractivity contribution in [2.24, 2.45) is 0 Å². The minimum absolute atomic E-state index is 0.443. The molecule has 0 unspecified atom stereocenters. The van der Waals surface area contributed by atoms with Gasteiger partial charge in [0.25, 0.3) is 0 Å². The molecular weight excluding hydrogens is 252 g/mol. The van der Waals surface area contributed by atoms with E-state index in [1.165, 1.54) is 62.6 Å². The quantitative estimate of drug-likeness (QED) is 0.898. The molecule has 3 rings (SSSR count). The molecule has 2 aliphatic carbocycles. The van der Waals surface area contributed by atoms with Crippen LogP contribution in [0.3, 0.4) is 0 Å². The van der Waals surface area contributed by atoms with E-state index >= 15 is 0 Å². The zero-order chi connectivity index (χ0) is 13.1. The summed E-state index contributed by atoms with van der Waals surface area (Å²) >= 11 is 2.05. The number of nitrogens with zero attached hydrogens (tertiary/aromatic N) is 1. The number of aryl methyl sites for hydroxylation is 2. The lowest BCUT2D eigenvalue weighted by Crippen LogP contribution is -2.35. The van der Waals surface area contributed by atoms with Crippen molar-refractivity contribution in [2.75, 3.05) is 18.1 Å². The van der Waals surface area contributed by atoms with Gasteiger partial charge in [-0.1, -0.05) is 25.3 Å². The molecule has 19 heavy (non-hydrogen) atoms. The van der Waals surface area contributed by atoms with Crippen molar-refractivity contribution in [3.05, 3.63) is 23.4 Å². The molecule has 0 radical (unpaired) electrons. The van der Waals surface area contributed by atoms with Crippen LogP contribution in [0.5, 0.6) is 0 Å². The third-order valence-electron chi connectivity index (χ3n) is 4.72. The summed E-state index contributed by atoms with van der Waals surface area (Å²) in [6.45, 7) is 1.07.